The predicted octanol–water partition coefficient (Wildman–Crippen LogP) is 2.63. The van der Waals surface area contributed by atoms with E-state index in [-0.39, 0.29) is 10.6 Å². The van der Waals surface area contributed by atoms with E-state index in [4.69, 9.17) is 0 Å². The van der Waals surface area contributed by atoms with Crippen molar-refractivity contribution < 1.29 is 4.92 Å². The van der Waals surface area contributed by atoms with E-state index in [9.17, 15) is 10.1 Å². The van der Waals surface area contributed by atoms with Crippen LogP contribution in [0.1, 0.15) is 18.9 Å². The van der Waals surface area contributed by atoms with Gasteiger partial charge in [-0.25, -0.2) is 4.98 Å². The number of nitrogens with zero attached hydrogens (tertiary/aromatic N) is 4. The molecular formula is C14H16N4O2. The van der Waals surface area contributed by atoms with Crippen LogP contribution in [0.3, 0.4) is 0 Å². The van der Waals surface area contributed by atoms with Gasteiger partial charge in [-0.05, 0) is 25.0 Å². The summed E-state index contributed by atoms with van der Waals surface area (Å²) >= 11 is 0. The highest BCUT2D eigenvalue weighted by Crippen LogP contribution is 2.27. The van der Waals surface area contributed by atoms with Gasteiger partial charge in [-0.2, -0.15) is 0 Å². The van der Waals surface area contributed by atoms with Gasteiger partial charge in [0, 0.05) is 49.3 Å². The molecule has 0 aliphatic carbocycles. The van der Waals surface area contributed by atoms with E-state index < -0.39 is 0 Å². The molecule has 0 bridgehead atoms. The second-order valence-corrected chi connectivity index (χ2v) is 5.00. The molecule has 1 aliphatic heterocycles. The second-order valence-electron chi connectivity index (χ2n) is 5.00. The average molecular weight is 272 g/mol. The lowest BCUT2D eigenvalue weighted by molar-refractivity contribution is -0.384. The highest BCUT2D eigenvalue weighted by Gasteiger charge is 2.20. The van der Waals surface area contributed by atoms with E-state index in [0.29, 0.717) is 6.04 Å². The van der Waals surface area contributed by atoms with Gasteiger partial charge in [0.2, 0.25) is 0 Å². The first-order valence-electron chi connectivity index (χ1n) is 6.71. The molecule has 6 heteroatoms. The monoisotopic (exact) mass is 272 g/mol. The van der Waals surface area contributed by atoms with Crippen LogP contribution in [0.5, 0.6) is 0 Å². The van der Waals surface area contributed by atoms with E-state index in [1.807, 2.05) is 30.9 Å². The zero-order chi connectivity index (χ0) is 13.9. The molecule has 6 nitrogen and oxygen atoms in total. The fourth-order valence-electron chi connectivity index (χ4n) is 2.69. The SMILES string of the molecule is O=[N+]([O-])c1ccc(N2CCC(n3ccnc3)CC2)cc1. The summed E-state index contributed by atoms with van der Waals surface area (Å²) in [6.45, 7) is 1.92. The zero-order valence-electron chi connectivity index (χ0n) is 11.1. The van der Waals surface area contributed by atoms with Crippen molar-refractivity contribution in [1.29, 1.82) is 0 Å². The van der Waals surface area contributed by atoms with E-state index in [0.717, 1.165) is 31.6 Å². The van der Waals surface area contributed by atoms with Gasteiger partial charge in [-0.3, -0.25) is 10.1 Å². The number of anilines is 1. The van der Waals surface area contributed by atoms with Gasteiger partial charge >= 0.3 is 0 Å². The van der Waals surface area contributed by atoms with Crippen molar-refractivity contribution in [3.63, 3.8) is 0 Å². The Bertz CT molecular complexity index is 572. The van der Waals surface area contributed by atoms with E-state index in [2.05, 4.69) is 14.5 Å². The van der Waals surface area contributed by atoms with Crippen LogP contribution in [0.15, 0.2) is 43.0 Å². The Kier molecular flexibility index (Phi) is 3.37. The lowest BCUT2D eigenvalue weighted by Crippen LogP contribution is -2.34. The topological polar surface area (TPSA) is 64.2 Å². The molecule has 2 aromatic rings. The molecular weight excluding hydrogens is 256 g/mol. The highest BCUT2D eigenvalue weighted by molar-refractivity contribution is 5.51. The fourth-order valence-corrected chi connectivity index (χ4v) is 2.69. The van der Waals surface area contributed by atoms with Gasteiger partial charge in [0.05, 0.1) is 11.3 Å². The molecule has 104 valence electrons. The van der Waals surface area contributed by atoms with Crippen LogP contribution < -0.4 is 4.90 Å². The van der Waals surface area contributed by atoms with Crippen molar-refractivity contribution in [2.24, 2.45) is 0 Å². The van der Waals surface area contributed by atoms with Gasteiger partial charge in [0.25, 0.3) is 5.69 Å². The number of benzene rings is 1. The van der Waals surface area contributed by atoms with E-state index in [1.54, 1.807) is 12.1 Å². The lowest BCUT2D eigenvalue weighted by Gasteiger charge is -2.34. The number of piperidine rings is 1. The van der Waals surface area contributed by atoms with Gasteiger partial charge in [-0.1, -0.05) is 0 Å². The second kappa shape index (κ2) is 5.32. The summed E-state index contributed by atoms with van der Waals surface area (Å²) in [4.78, 5) is 16.6. The van der Waals surface area contributed by atoms with Gasteiger partial charge in [-0.15, -0.1) is 0 Å². The van der Waals surface area contributed by atoms with Crippen molar-refractivity contribution in [2.75, 3.05) is 18.0 Å². The first-order valence-corrected chi connectivity index (χ1v) is 6.71. The van der Waals surface area contributed by atoms with Crippen LogP contribution in [0.2, 0.25) is 0 Å². The first kappa shape index (κ1) is 12.7. The van der Waals surface area contributed by atoms with Crippen molar-refractivity contribution in [1.82, 2.24) is 9.55 Å². The normalized spacial score (nSPS) is 16.3. The van der Waals surface area contributed by atoms with Gasteiger partial charge < -0.3 is 9.47 Å². The first-order chi connectivity index (χ1) is 9.74. The molecule has 3 rings (SSSR count). The minimum absolute atomic E-state index is 0.141. The summed E-state index contributed by atoms with van der Waals surface area (Å²) in [5.74, 6) is 0. The Balaban J connectivity index is 1.64. The van der Waals surface area contributed by atoms with Crippen LogP contribution >= 0.6 is 0 Å². The third-order valence-corrected chi connectivity index (χ3v) is 3.84. The smallest absolute Gasteiger partial charge is 0.269 e. The number of nitro groups is 1. The Hall–Kier alpha value is -2.37. The van der Waals surface area contributed by atoms with Crippen LogP contribution in [-0.2, 0) is 0 Å². The lowest BCUT2D eigenvalue weighted by atomic mass is 10.0. The average Bonchev–Trinajstić information content (AvgIpc) is 3.02. The fraction of sp³-hybridized carbons (Fsp3) is 0.357. The van der Waals surface area contributed by atoms with Crippen LogP contribution in [0.4, 0.5) is 11.4 Å². The number of rotatable bonds is 3. The largest absolute Gasteiger partial charge is 0.371 e. The molecule has 0 spiro atoms. The summed E-state index contributed by atoms with van der Waals surface area (Å²) in [5, 5.41) is 10.6. The zero-order valence-corrected chi connectivity index (χ0v) is 11.1. The van der Waals surface area contributed by atoms with Crippen LogP contribution in [0.25, 0.3) is 0 Å². The van der Waals surface area contributed by atoms with Gasteiger partial charge in [0.1, 0.15) is 0 Å². The number of aromatic nitrogens is 2. The number of nitro benzene ring substituents is 1. The van der Waals surface area contributed by atoms with Crippen molar-refractivity contribution in [3.8, 4) is 0 Å². The molecule has 0 atom stereocenters. The predicted molar refractivity (Wildman–Crippen MR) is 75.8 cm³/mol. The van der Waals surface area contributed by atoms with Crippen molar-refractivity contribution in [3.05, 3.63) is 53.1 Å². The summed E-state index contributed by atoms with van der Waals surface area (Å²) < 4.78 is 2.16. The Morgan fingerprint density at radius 2 is 1.90 bits per heavy atom. The summed E-state index contributed by atoms with van der Waals surface area (Å²) in [5.41, 5.74) is 1.20. The van der Waals surface area contributed by atoms with Gasteiger partial charge in [0.15, 0.2) is 0 Å². The molecule has 0 N–H and O–H groups in total. The Labute approximate surface area is 116 Å². The standard InChI is InChI=1S/C14H16N4O2/c19-18(20)14-3-1-12(2-4-14)16-8-5-13(6-9-16)17-10-7-15-11-17/h1-4,7,10-11,13H,5-6,8-9H2. The highest BCUT2D eigenvalue weighted by atomic mass is 16.6. The van der Waals surface area contributed by atoms with E-state index in [1.165, 1.54) is 0 Å². The molecule has 1 aromatic carbocycles. The maximum Gasteiger partial charge on any atom is 0.269 e. The quantitative estimate of drug-likeness (QED) is 0.636. The molecule has 1 fully saturated rings. The Morgan fingerprint density at radius 1 is 1.20 bits per heavy atom. The number of non-ortho nitro benzene ring substituents is 1. The van der Waals surface area contributed by atoms with Crippen molar-refractivity contribution >= 4 is 11.4 Å². The molecule has 1 aromatic heterocycles. The molecule has 0 radical (unpaired) electrons. The molecule has 1 saturated heterocycles. The summed E-state index contributed by atoms with van der Waals surface area (Å²) in [6, 6.07) is 7.30. The van der Waals surface area contributed by atoms with Crippen LogP contribution in [0, 0.1) is 10.1 Å². The molecule has 2 heterocycles. The molecule has 20 heavy (non-hydrogen) atoms. The Morgan fingerprint density at radius 3 is 2.45 bits per heavy atom. The minimum Gasteiger partial charge on any atom is -0.371 e. The molecule has 0 unspecified atom stereocenters. The van der Waals surface area contributed by atoms with E-state index >= 15 is 0 Å². The minimum atomic E-state index is -0.366. The molecule has 0 amide bonds. The molecule has 0 saturated carbocycles. The summed E-state index contributed by atoms with van der Waals surface area (Å²) in [7, 11) is 0. The summed E-state index contributed by atoms with van der Waals surface area (Å²) in [6.07, 6.45) is 7.81. The number of hydrogen-bond acceptors (Lipinski definition) is 4. The third-order valence-electron chi connectivity index (χ3n) is 3.84. The third kappa shape index (κ3) is 2.49. The van der Waals surface area contributed by atoms with Crippen LogP contribution in [-0.4, -0.2) is 27.6 Å². The number of imidazole rings is 1. The maximum absolute atomic E-state index is 10.6. The van der Waals surface area contributed by atoms with Crippen molar-refractivity contribution in [2.45, 2.75) is 18.9 Å². The molecule has 1 aliphatic rings. The maximum atomic E-state index is 10.6. The number of hydrogen-bond donors (Lipinski definition) is 0.